The number of anilines is 1. The topological polar surface area (TPSA) is 24.9 Å². The van der Waals surface area contributed by atoms with E-state index in [0.717, 1.165) is 22.4 Å². The molecule has 0 saturated heterocycles. The zero-order chi connectivity index (χ0) is 13.0. The molecule has 0 amide bonds. The fourth-order valence-corrected chi connectivity index (χ4v) is 2.03. The third-order valence-corrected chi connectivity index (χ3v) is 3.81. The highest BCUT2D eigenvalue weighted by molar-refractivity contribution is 9.10. The third kappa shape index (κ3) is 3.47. The number of aryl methyl sites for hydroxylation is 1. The summed E-state index contributed by atoms with van der Waals surface area (Å²) in [6.45, 7) is 2.80. The van der Waals surface area contributed by atoms with Gasteiger partial charge in [-0.3, -0.25) is 0 Å². The largest absolute Gasteiger partial charge is 0.366 e. The molecular weight excluding hydrogens is 312 g/mol. The molecule has 0 fully saturated rings. The predicted molar refractivity (Wildman–Crippen MR) is 80.0 cm³/mol. The number of halogens is 2. The Balaban J connectivity index is 2.04. The molecule has 0 aliphatic rings. The normalized spacial score (nSPS) is 10.4. The zero-order valence-electron chi connectivity index (χ0n) is 10.1. The molecule has 0 aliphatic heterocycles. The summed E-state index contributed by atoms with van der Waals surface area (Å²) in [5.41, 5.74) is 3.51. The number of hydrogen-bond acceptors (Lipinski definition) is 2. The van der Waals surface area contributed by atoms with Crippen LogP contribution in [0.25, 0.3) is 0 Å². The number of hydrogen-bond donors (Lipinski definition) is 1. The SMILES string of the molecule is Cc1cc(NCc2cccc(CCl)c2)ncc1Br. The first-order valence-electron chi connectivity index (χ1n) is 5.69. The van der Waals surface area contributed by atoms with Gasteiger partial charge in [0.05, 0.1) is 0 Å². The molecule has 0 atom stereocenters. The Morgan fingerprint density at radius 2 is 2.06 bits per heavy atom. The second-order valence-corrected chi connectivity index (χ2v) is 5.25. The van der Waals surface area contributed by atoms with Crippen molar-refractivity contribution in [3.8, 4) is 0 Å². The minimum absolute atomic E-state index is 0.545. The second-order valence-electron chi connectivity index (χ2n) is 4.13. The van der Waals surface area contributed by atoms with Crippen LogP contribution in [0.1, 0.15) is 16.7 Å². The maximum atomic E-state index is 5.82. The van der Waals surface area contributed by atoms with Gasteiger partial charge in [-0.15, -0.1) is 11.6 Å². The first-order valence-corrected chi connectivity index (χ1v) is 7.01. The molecule has 2 nitrogen and oxygen atoms in total. The molecule has 2 aromatic rings. The molecule has 0 bridgehead atoms. The Morgan fingerprint density at radius 1 is 1.28 bits per heavy atom. The molecule has 0 aliphatic carbocycles. The van der Waals surface area contributed by atoms with Gasteiger partial charge in [-0.2, -0.15) is 0 Å². The molecule has 0 spiro atoms. The van der Waals surface area contributed by atoms with E-state index < -0.39 is 0 Å². The van der Waals surface area contributed by atoms with Crippen molar-refractivity contribution in [2.45, 2.75) is 19.3 Å². The molecule has 4 heteroatoms. The van der Waals surface area contributed by atoms with Gasteiger partial charge in [0.2, 0.25) is 0 Å². The van der Waals surface area contributed by atoms with Crippen LogP contribution in [0.3, 0.4) is 0 Å². The molecule has 1 aromatic carbocycles. The van der Waals surface area contributed by atoms with Crippen LogP contribution in [0, 0.1) is 6.92 Å². The summed E-state index contributed by atoms with van der Waals surface area (Å²) in [5, 5.41) is 3.31. The van der Waals surface area contributed by atoms with Gasteiger partial charge < -0.3 is 5.32 Å². The van der Waals surface area contributed by atoms with E-state index in [1.165, 1.54) is 11.1 Å². The Hall–Kier alpha value is -1.06. The summed E-state index contributed by atoms with van der Waals surface area (Å²) in [5.74, 6) is 1.43. The summed E-state index contributed by atoms with van der Waals surface area (Å²) in [7, 11) is 0. The van der Waals surface area contributed by atoms with Crippen LogP contribution in [-0.4, -0.2) is 4.98 Å². The van der Waals surface area contributed by atoms with E-state index in [9.17, 15) is 0 Å². The standard InChI is InChI=1S/C14H14BrClN2/c1-10-5-14(18-9-13(10)15)17-8-12-4-2-3-11(6-12)7-16/h2-6,9H,7-8H2,1H3,(H,17,18). The average Bonchev–Trinajstić information content (AvgIpc) is 2.40. The maximum absolute atomic E-state index is 5.82. The maximum Gasteiger partial charge on any atom is 0.126 e. The highest BCUT2D eigenvalue weighted by Gasteiger charge is 1.99. The Morgan fingerprint density at radius 3 is 2.78 bits per heavy atom. The van der Waals surface area contributed by atoms with Crippen LogP contribution in [0.2, 0.25) is 0 Å². The van der Waals surface area contributed by atoms with Gasteiger partial charge in [-0.05, 0) is 45.6 Å². The summed E-state index contributed by atoms with van der Waals surface area (Å²) in [4.78, 5) is 4.31. The molecule has 94 valence electrons. The molecule has 1 N–H and O–H groups in total. The quantitative estimate of drug-likeness (QED) is 0.837. The van der Waals surface area contributed by atoms with E-state index in [4.69, 9.17) is 11.6 Å². The van der Waals surface area contributed by atoms with Crippen molar-refractivity contribution in [1.82, 2.24) is 4.98 Å². The molecule has 1 heterocycles. The van der Waals surface area contributed by atoms with Crippen molar-refractivity contribution in [2.75, 3.05) is 5.32 Å². The number of aromatic nitrogens is 1. The first kappa shape index (κ1) is 13.4. The van der Waals surface area contributed by atoms with Crippen molar-refractivity contribution in [1.29, 1.82) is 0 Å². The third-order valence-electron chi connectivity index (χ3n) is 2.67. The lowest BCUT2D eigenvalue weighted by Gasteiger charge is -2.08. The van der Waals surface area contributed by atoms with Crippen LogP contribution < -0.4 is 5.32 Å². The Labute approximate surface area is 121 Å². The highest BCUT2D eigenvalue weighted by atomic mass is 79.9. The fraction of sp³-hybridized carbons (Fsp3) is 0.214. The molecule has 2 rings (SSSR count). The lowest BCUT2D eigenvalue weighted by molar-refractivity contribution is 1.10. The summed E-state index contributed by atoms with van der Waals surface area (Å²) >= 11 is 9.26. The van der Waals surface area contributed by atoms with E-state index in [-0.39, 0.29) is 0 Å². The minimum atomic E-state index is 0.545. The van der Waals surface area contributed by atoms with Crippen LogP contribution >= 0.6 is 27.5 Å². The number of rotatable bonds is 4. The van der Waals surface area contributed by atoms with E-state index >= 15 is 0 Å². The molecule has 0 unspecified atom stereocenters. The number of nitrogens with one attached hydrogen (secondary N) is 1. The number of pyridine rings is 1. The van der Waals surface area contributed by atoms with E-state index in [0.29, 0.717) is 5.88 Å². The lowest BCUT2D eigenvalue weighted by atomic mass is 10.1. The number of benzene rings is 1. The van der Waals surface area contributed by atoms with Crippen molar-refractivity contribution >= 4 is 33.3 Å². The van der Waals surface area contributed by atoms with E-state index in [1.807, 2.05) is 31.3 Å². The summed E-state index contributed by atoms with van der Waals surface area (Å²) in [6, 6.07) is 10.3. The van der Waals surface area contributed by atoms with E-state index in [1.54, 1.807) is 0 Å². The van der Waals surface area contributed by atoms with Crippen molar-refractivity contribution in [3.63, 3.8) is 0 Å². The molecule has 0 radical (unpaired) electrons. The van der Waals surface area contributed by atoms with Crippen molar-refractivity contribution in [3.05, 3.63) is 57.7 Å². The Bertz CT molecular complexity index is 543. The van der Waals surface area contributed by atoms with Crippen molar-refractivity contribution < 1.29 is 0 Å². The monoisotopic (exact) mass is 324 g/mol. The molecule has 18 heavy (non-hydrogen) atoms. The van der Waals surface area contributed by atoms with Crippen LogP contribution in [0.15, 0.2) is 41.0 Å². The van der Waals surface area contributed by atoms with Gasteiger partial charge >= 0.3 is 0 Å². The average molecular weight is 326 g/mol. The van der Waals surface area contributed by atoms with Gasteiger partial charge in [-0.1, -0.05) is 24.3 Å². The Kier molecular flexibility index (Phi) is 4.61. The van der Waals surface area contributed by atoms with Gasteiger partial charge in [0.15, 0.2) is 0 Å². The van der Waals surface area contributed by atoms with Crippen LogP contribution in [-0.2, 0) is 12.4 Å². The van der Waals surface area contributed by atoms with Gasteiger partial charge in [0.25, 0.3) is 0 Å². The minimum Gasteiger partial charge on any atom is -0.366 e. The fourth-order valence-electron chi connectivity index (χ4n) is 1.65. The first-order chi connectivity index (χ1) is 8.69. The summed E-state index contributed by atoms with van der Waals surface area (Å²) < 4.78 is 1.03. The van der Waals surface area contributed by atoms with E-state index in [2.05, 4.69) is 38.4 Å². The summed E-state index contributed by atoms with van der Waals surface area (Å²) in [6.07, 6.45) is 1.81. The molecular formula is C14H14BrClN2. The smallest absolute Gasteiger partial charge is 0.126 e. The lowest BCUT2D eigenvalue weighted by Crippen LogP contribution is -2.02. The van der Waals surface area contributed by atoms with Crippen LogP contribution in [0.4, 0.5) is 5.82 Å². The number of alkyl halides is 1. The number of nitrogens with zero attached hydrogens (tertiary/aromatic N) is 1. The molecule has 1 aromatic heterocycles. The van der Waals surface area contributed by atoms with Gasteiger partial charge in [-0.25, -0.2) is 4.98 Å². The zero-order valence-corrected chi connectivity index (χ0v) is 12.4. The second kappa shape index (κ2) is 6.21. The van der Waals surface area contributed by atoms with Gasteiger partial charge in [0.1, 0.15) is 5.82 Å². The van der Waals surface area contributed by atoms with Gasteiger partial charge in [0, 0.05) is 23.1 Å². The van der Waals surface area contributed by atoms with Crippen molar-refractivity contribution in [2.24, 2.45) is 0 Å². The highest BCUT2D eigenvalue weighted by Crippen LogP contribution is 2.18. The molecule has 0 saturated carbocycles. The predicted octanol–water partition coefficient (Wildman–Crippen LogP) is 4.50. The van der Waals surface area contributed by atoms with Crippen LogP contribution in [0.5, 0.6) is 0 Å².